The van der Waals surface area contributed by atoms with Gasteiger partial charge in [0.05, 0.1) is 12.0 Å². The summed E-state index contributed by atoms with van der Waals surface area (Å²) in [5.41, 5.74) is 0.0572. The molecule has 0 saturated carbocycles. The van der Waals surface area contributed by atoms with Crippen molar-refractivity contribution in [3.8, 4) is 11.8 Å². The zero-order valence-electron chi connectivity index (χ0n) is 7.89. The maximum absolute atomic E-state index is 10.7. The van der Waals surface area contributed by atoms with Gasteiger partial charge in [-0.15, -0.1) is 0 Å². The topological polar surface area (TPSA) is 69.4 Å². The molecule has 76 valence electrons. The number of nitro groups is 1. The highest BCUT2D eigenvalue weighted by Crippen LogP contribution is 2.15. The van der Waals surface area contributed by atoms with Gasteiger partial charge in [-0.25, -0.2) is 4.79 Å². The minimum absolute atomic E-state index is 0.131. The van der Waals surface area contributed by atoms with Gasteiger partial charge in [0.1, 0.15) is 5.56 Å². The Kier molecular flexibility index (Phi) is 3.41. The second-order valence-corrected chi connectivity index (χ2v) is 2.52. The number of nitro benzene ring substituents is 1. The van der Waals surface area contributed by atoms with Gasteiger partial charge in [0, 0.05) is 12.0 Å². The lowest BCUT2D eigenvalue weighted by molar-refractivity contribution is -0.385. The van der Waals surface area contributed by atoms with Crippen LogP contribution in [0.4, 0.5) is 5.69 Å². The Labute approximate surface area is 85.8 Å². The van der Waals surface area contributed by atoms with Crippen molar-refractivity contribution < 1.29 is 14.5 Å². The van der Waals surface area contributed by atoms with E-state index in [1.165, 1.54) is 25.3 Å². The number of carbonyl (C=O) groups is 1. The summed E-state index contributed by atoms with van der Waals surface area (Å²) in [6.45, 7) is 0. The highest BCUT2D eigenvalue weighted by molar-refractivity contribution is 5.89. The van der Waals surface area contributed by atoms with Gasteiger partial charge in [0.15, 0.2) is 0 Å². The highest BCUT2D eigenvalue weighted by atomic mass is 16.6. The first-order chi connectivity index (χ1) is 7.15. The van der Waals surface area contributed by atoms with Crippen molar-refractivity contribution in [3.63, 3.8) is 0 Å². The molecule has 1 aromatic carbocycles. The number of ether oxygens (including phenoxy) is 1. The SMILES string of the molecule is COC(=O)C#Cc1ccccc1[N+](=O)[O-]. The van der Waals surface area contributed by atoms with Crippen LogP contribution in [0.25, 0.3) is 0 Å². The summed E-state index contributed by atoms with van der Waals surface area (Å²) in [6.07, 6.45) is 0. The van der Waals surface area contributed by atoms with Crippen LogP contribution in [0.5, 0.6) is 0 Å². The standard InChI is InChI=1S/C10H7NO4/c1-15-10(12)7-6-8-4-2-3-5-9(8)11(13)14/h2-5H,1H3. The van der Waals surface area contributed by atoms with Gasteiger partial charge in [-0.1, -0.05) is 12.1 Å². The Morgan fingerprint density at radius 3 is 2.73 bits per heavy atom. The fourth-order valence-electron chi connectivity index (χ4n) is 0.908. The Hall–Kier alpha value is -2.35. The van der Waals surface area contributed by atoms with Crippen molar-refractivity contribution in [2.24, 2.45) is 0 Å². The van der Waals surface area contributed by atoms with Crippen LogP contribution in [0.1, 0.15) is 5.56 Å². The van der Waals surface area contributed by atoms with Crippen molar-refractivity contribution in [2.75, 3.05) is 7.11 Å². The van der Waals surface area contributed by atoms with Gasteiger partial charge in [0.2, 0.25) is 0 Å². The minimum Gasteiger partial charge on any atom is -0.459 e. The van der Waals surface area contributed by atoms with Gasteiger partial charge in [-0.05, 0) is 12.0 Å². The molecular weight excluding hydrogens is 198 g/mol. The van der Waals surface area contributed by atoms with Crippen LogP contribution in [0.15, 0.2) is 24.3 Å². The maximum atomic E-state index is 10.7. The molecule has 0 aliphatic heterocycles. The Morgan fingerprint density at radius 1 is 1.47 bits per heavy atom. The van der Waals surface area contributed by atoms with Gasteiger partial charge in [-0.3, -0.25) is 10.1 Å². The summed E-state index contributed by atoms with van der Waals surface area (Å²) >= 11 is 0. The van der Waals surface area contributed by atoms with Crippen LogP contribution in [0.3, 0.4) is 0 Å². The number of esters is 1. The van der Waals surface area contributed by atoms with Gasteiger partial charge < -0.3 is 4.74 Å². The van der Waals surface area contributed by atoms with E-state index in [2.05, 4.69) is 16.6 Å². The van der Waals surface area contributed by atoms with E-state index in [9.17, 15) is 14.9 Å². The van der Waals surface area contributed by atoms with E-state index in [4.69, 9.17) is 0 Å². The lowest BCUT2D eigenvalue weighted by Gasteiger charge is -1.93. The predicted octanol–water partition coefficient (Wildman–Crippen LogP) is 1.12. The summed E-state index contributed by atoms with van der Waals surface area (Å²) in [6, 6.07) is 5.92. The van der Waals surface area contributed by atoms with Crippen LogP contribution in [-0.4, -0.2) is 18.0 Å². The molecule has 5 nitrogen and oxygen atoms in total. The summed E-state index contributed by atoms with van der Waals surface area (Å²) in [7, 11) is 1.19. The Morgan fingerprint density at radius 2 is 2.13 bits per heavy atom. The Balaban J connectivity index is 3.08. The van der Waals surface area contributed by atoms with Crippen molar-refractivity contribution in [2.45, 2.75) is 0 Å². The highest BCUT2D eigenvalue weighted by Gasteiger charge is 2.09. The summed E-state index contributed by atoms with van der Waals surface area (Å²) in [4.78, 5) is 20.7. The van der Waals surface area contributed by atoms with Gasteiger partial charge in [0.25, 0.3) is 5.69 Å². The average Bonchev–Trinajstić information content (AvgIpc) is 2.26. The maximum Gasteiger partial charge on any atom is 0.384 e. The molecule has 15 heavy (non-hydrogen) atoms. The molecule has 0 amide bonds. The first kappa shape index (κ1) is 10.7. The summed E-state index contributed by atoms with van der Waals surface area (Å²) in [5.74, 6) is 3.78. The van der Waals surface area contributed by atoms with Gasteiger partial charge >= 0.3 is 5.97 Å². The van der Waals surface area contributed by atoms with E-state index in [0.29, 0.717) is 0 Å². The van der Waals surface area contributed by atoms with E-state index >= 15 is 0 Å². The number of benzene rings is 1. The quantitative estimate of drug-likeness (QED) is 0.298. The van der Waals surface area contributed by atoms with Crippen molar-refractivity contribution in [1.82, 2.24) is 0 Å². The third-order valence-electron chi connectivity index (χ3n) is 1.59. The molecule has 0 atom stereocenters. The number of carbonyl (C=O) groups excluding carboxylic acids is 1. The molecule has 0 aliphatic carbocycles. The second-order valence-electron chi connectivity index (χ2n) is 2.52. The molecule has 0 unspecified atom stereocenters. The zero-order valence-corrected chi connectivity index (χ0v) is 7.89. The van der Waals surface area contributed by atoms with Crippen molar-refractivity contribution in [3.05, 3.63) is 39.9 Å². The molecule has 0 bridgehead atoms. The van der Waals surface area contributed by atoms with E-state index < -0.39 is 10.9 Å². The third-order valence-corrected chi connectivity index (χ3v) is 1.59. The largest absolute Gasteiger partial charge is 0.459 e. The average molecular weight is 205 g/mol. The molecular formula is C10H7NO4. The molecule has 0 saturated heterocycles. The van der Waals surface area contributed by atoms with Crippen LogP contribution in [-0.2, 0) is 9.53 Å². The number of hydrogen-bond donors (Lipinski definition) is 0. The number of para-hydroxylation sites is 1. The summed E-state index contributed by atoms with van der Waals surface area (Å²) < 4.78 is 4.29. The fourth-order valence-corrected chi connectivity index (χ4v) is 0.908. The number of methoxy groups -OCH3 is 1. The molecule has 1 rings (SSSR count). The lowest BCUT2D eigenvalue weighted by atomic mass is 10.2. The van der Waals surface area contributed by atoms with Crippen molar-refractivity contribution >= 4 is 11.7 Å². The van der Waals surface area contributed by atoms with E-state index in [1.54, 1.807) is 6.07 Å². The third kappa shape index (κ3) is 2.81. The molecule has 0 radical (unpaired) electrons. The molecule has 0 aliphatic rings. The molecule has 0 fully saturated rings. The van der Waals surface area contributed by atoms with Crippen molar-refractivity contribution in [1.29, 1.82) is 0 Å². The van der Waals surface area contributed by atoms with E-state index in [1.807, 2.05) is 0 Å². The fraction of sp³-hybridized carbons (Fsp3) is 0.100. The molecule has 0 spiro atoms. The zero-order chi connectivity index (χ0) is 11.3. The lowest BCUT2D eigenvalue weighted by Crippen LogP contribution is -1.96. The van der Waals surface area contributed by atoms with Gasteiger partial charge in [-0.2, -0.15) is 0 Å². The minimum atomic E-state index is -0.729. The predicted molar refractivity (Wildman–Crippen MR) is 52.0 cm³/mol. The van der Waals surface area contributed by atoms with Crippen LogP contribution in [0, 0.1) is 22.0 Å². The first-order valence-corrected chi connectivity index (χ1v) is 3.98. The van der Waals surface area contributed by atoms with E-state index in [-0.39, 0.29) is 11.3 Å². The smallest absolute Gasteiger partial charge is 0.384 e. The number of hydrogen-bond acceptors (Lipinski definition) is 4. The van der Waals surface area contributed by atoms with Crippen LogP contribution < -0.4 is 0 Å². The molecule has 1 aromatic rings. The molecule has 0 aromatic heterocycles. The normalized spacial score (nSPS) is 8.60. The first-order valence-electron chi connectivity index (χ1n) is 3.98. The number of nitrogens with zero attached hydrogens (tertiary/aromatic N) is 1. The van der Waals surface area contributed by atoms with E-state index in [0.717, 1.165) is 0 Å². The molecule has 0 heterocycles. The second kappa shape index (κ2) is 4.77. The van der Waals surface area contributed by atoms with Crippen LogP contribution in [0.2, 0.25) is 0 Å². The number of rotatable bonds is 1. The van der Waals surface area contributed by atoms with Crippen LogP contribution >= 0.6 is 0 Å². The summed E-state index contributed by atoms with van der Waals surface area (Å²) in [5, 5.41) is 10.6. The molecule has 5 heteroatoms. The monoisotopic (exact) mass is 205 g/mol. The Bertz CT molecular complexity index is 456. The molecule has 0 N–H and O–H groups in total.